The van der Waals surface area contributed by atoms with E-state index in [1.54, 1.807) is 24.3 Å². The zero-order valence-electron chi connectivity index (χ0n) is 13.1. The van der Waals surface area contributed by atoms with Crippen molar-refractivity contribution >= 4 is 29.1 Å². The van der Waals surface area contributed by atoms with Gasteiger partial charge in [0.25, 0.3) is 0 Å². The third kappa shape index (κ3) is 3.68. The molecule has 0 radical (unpaired) electrons. The Morgan fingerprint density at radius 2 is 1.79 bits per heavy atom. The number of hydrogen-bond donors (Lipinski definition) is 0. The van der Waals surface area contributed by atoms with E-state index in [0.29, 0.717) is 16.3 Å². The van der Waals surface area contributed by atoms with Gasteiger partial charge in [-0.05, 0) is 31.2 Å². The fraction of sp³-hybridized carbons (Fsp3) is 0.167. The van der Waals surface area contributed by atoms with Crippen molar-refractivity contribution in [2.45, 2.75) is 18.6 Å². The van der Waals surface area contributed by atoms with E-state index in [0.717, 1.165) is 23.1 Å². The van der Waals surface area contributed by atoms with Gasteiger partial charge in [-0.15, -0.1) is 10.2 Å². The number of Topliss-reactive ketones (excluding diaryl/α,β-unsaturated/α-hetero) is 1. The second kappa shape index (κ2) is 7.64. The van der Waals surface area contributed by atoms with E-state index < -0.39 is 0 Å². The van der Waals surface area contributed by atoms with Gasteiger partial charge < -0.3 is 4.57 Å². The first kappa shape index (κ1) is 16.7. The lowest BCUT2D eigenvalue weighted by atomic mass is 10.1. The van der Waals surface area contributed by atoms with Gasteiger partial charge in [0, 0.05) is 22.7 Å². The molecule has 0 aliphatic heterocycles. The molecule has 0 atom stereocenters. The second-order valence-electron chi connectivity index (χ2n) is 5.14. The Morgan fingerprint density at radius 3 is 2.46 bits per heavy atom. The average Bonchev–Trinajstić information content (AvgIpc) is 3.04. The van der Waals surface area contributed by atoms with Crippen molar-refractivity contribution in [3.63, 3.8) is 0 Å². The van der Waals surface area contributed by atoms with Crippen LogP contribution in [0.2, 0.25) is 5.02 Å². The standard InChI is InChI=1S/C18H16ClN3OS/c1-2-22-17(14-6-4-3-5-7-14)20-21-18(22)24-12-16(23)13-8-10-15(19)11-9-13/h3-11H,2,12H2,1H3. The first-order chi connectivity index (χ1) is 11.7. The highest BCUT2D eigenvalue weighted by Gasteiger charge is 2.15. The van der Waals surface area contributed by atoms with Crippen molar-refractivity contribution in [1.82, 2.24) is 14.8 Å². The first-order valence-electron chi connectivity index (χ1n) is 7.59. The summed E-state index contributed by atoms with van der Waals surface area (Å²) in [6, 6.07) is 16.9. The number of hydrogen-bond acceptors (Lipinski definition) is 4. The molecule has 2 aromatic carbocycles. The first-order valence-corrected chi connectivity index (χ1v) is 8.95. The fourth-order valence-corrected chi connectivity index (χ4v) is 3.35. The van der Waals surface area contributed by atoms with E-state index in [4.69, 9.17) is 11.6 Å². The van der Waals surface area contributed by atoms with Crippen molar-refractivity contribution < 1.29 is 4.79 Å². The molecule has 0 unspecified atom stereocenters. The van der Waals surface area contributed by atoms with Gasteiger partial charge >= 0.3 is 0 Å². The highest BCUT2D eigenvalue weighted by molar-refractivity contribution is 7.99. The van der Waals surface area contributed by atoms with Crippen molar-refractivity contribution in [3.05, 3.63) is 65.2 Å². The molecule has 0 saturated carbocycles. The Balaban J connectivity index is 1.75. The smallest absolute Gasteiger partial charge is 0.191 e. The summed E-state index contributed by atoms with van der Waals surface area (Å²) in [5.74, 6) is 1.18. The monoisotopic (exact) mass is 357 g/mol. The van der Waals surface area contributed by atoms with E-state index in [9.17, 15) is 4.79 Å². The van der Waals surface area contributed by atoms with Gasteiger partial charge in [-0.2, -0.15) is 0 Å². The number of rotatable bonds is 6. The van der Waals surface area contributed by atoms with Gasteiger partial charge in [0.15, 0.2) is 16.8 Å². The molecule has 6 heteroatoms. The fourth-order valence-electron chi connectivity index (χ4n) is 2.33. The summed E-state index contributed by atoms with van der Waals surface area (Å²) in [5, 5.41) is 9.90. The molecule has 1 heterocycles. The van der Waals surface area contributed by atoms with E-state index in [-0.39, 0.29) is 5.78 Å². The number of benzene rings is 2. The van der Waals surface area contributed by atoms with Crippen LogP contribution in [0.5, 0.6) is 0 Å². The lowest BCUT2D eigenvalue weighted by molar-refractivity contribution is 0.102. The molecule has 1 aromatic heterocycles. The maximum absolute atomic E-state index is 12.3. The Bertz CT molecular complexity index is 831. The largest absolute Gasteiger partial charge is 0.302 e. The molecule has 0 N–H and O–H groups in total. The van der Waals surface area contributed by atoms with Crippen molar-refractivity contribution in [3.8, 4) is 11.4 Å². The van der Waals surface area contributed by atoms with Crippen LogP contribution in [0.4, 0.5) is 0 Å². The summed E-state index contributed by atoms with van der Waals surface area (Å²) in [6.07, 6.45) is 0. The van der Waals surface area contributed by atoms with Gasteiger partial charge in [0.2, 0.25) is 0 Å². The Hall–Kier alpha value is -2.11. The Kier molecular flexibility index (Phi) is 5.33. The zero-order valence-corrected chi connectivity index (χ0v) is 14.7. The molecule has 0 bridgehead atoms. The predicted molar refractivity (Wildman–Crippen MR) is 97.6 cm³/mol. The number of thioether (sulfide) groups is 1. The van der Waals surface area contributed by atoms with Crippen LogP contribution in [0.25, 0.3) is 11.4 Å². The van der Waals surface area contributed by atoms with Crippen molar-refractivity contribution in [2.24, 2.45) is 0 Å². The minimum Gasteiger partial charge on any atom is -0.302 e. The summed E-state index contributed by atoms with van der Waals surface area (Å²) in [5.41, 5.74) is 1.67. The molecule has 24 heavy (non-hydrogen) atoms. The molecule has 0 saturated heterocycles. The number of halogens is 1. The summed E-state index contributed by atoms with van der Waals surface area (Å²) in [4.78, 5) is 12.3. The SMILES string of the molecule is CCn1c(SCC(=O)c2ccc(Cl)cc2)nnc1-c1ccccc1. The second-order valence-corrected chi connectivity index (χ2v) is 6.51. The third-order valence-electron chi connectivity index (χ3n) is 3.56. The molecule has 0 spiro atoms. The van der Waals surface area contributed by atoms with E-state index in [1.807, 2.05) is 41.8 Å². The van der Waals surface area contributed by atoms with E-state index >= 15 is 0 Å². The average molecular weight is 358 g/mol. The quantitative estimate of drug-likeness (QED) is 0.478. The molecule has 3 aromatic rings. The van der Waals surface area contributed by atoms with Gasteiger partial charge in [0.05, 0.1) is 5.75 Å². The highest BCUT2D eigenvalue weighted by Crippen LogP contribution is 2.24. The maximum Gasteiger partial charge on any atom is 0.191 e. The number of carbonyl (C=O) groups excluding carboxylic acids is 1. The molecule has 122 valence electrons. The molecule has 0 fully saturated rings. The number of ketones is 1. The van der Waals surface area contributed by atoms with Crippen LogP contribution in [0.15, 0.2) is 59.8 Å². The highest BCUT2D eigenvalue weighted by atomic mass is 35.5. The van der Waals surface area contributed by atoms with E-state index in [1.165, 1.54) is 11.8 Å². The molecular weight excluding hydrogens is 342 g/mol. The maximum atomic E-state index is 12.3. The topological polar surface area (TPSA) is 47.8 Å². The Labute approximate surface area is 149 Å². The normalized spacial score (nSPS) is 10.8. The van der Waals surface area contributed by atoms with E-state index in [2.05, 4.69) is 10.2 Å². The number of aromatic nitrogens is 3. The summed E-state index contributed by atoms with van der Waals surface area (Å²) in [7, 11) is 0. The van der Waals surface area contributed by atoms with Crippen LogP contribution >= 0.6 is 23.4 Å². The van der Waals surface area contributed by atoms with Crippen LogP contribution in [-0.4, -0.2) is 26.3 Å². The van der Waals surface area contributed by atoms with Gasteiger partial charge in [0.1, 0.15) is 0 Å². The zero-order chi connectivity index (χ0) is 16.9. The predicted octanol–water partition coefficient (Wildman–Crippen LogP) is 4.59. The minimum atomic E-state index is 0.0450. The lowest BCUT2D eigenvalue weighted by Gasteiger charge is -2.07. The van der Waals surface area contributed by atoms with Crippen LogP contribution in [0.3, 0.4) is 0 Å². The minimum absolute atomic E-state index is 0.0450. The summed E-state index contributed by atoms with van der Waals surface area (Å²) >= 11 is 7.25. The number of nitrogens with zero attached hydrogens (tertiary/aromatic N) is 3. The molecule has 3 rings (SSSR count). The summed E-state index contributed by atoms with van der Waals surface area (Å²) < 4.78 is 2.02. The van der Waals surface area contributed by atoms with Gasteiger partial charge in [-0.1, -0.05) is 53.7 Å². The van der Waals surface area contributed by atoms with Crippen molar-refractivity contribution in [1.29, 1.82) is 0 Å². The molecule has 0 amide bonds. The van der Waals surface area contributed by atoms with Crippen LogP contribution in [-0.2, 0) is 6.54 Å². The number of carbonyl (C=O) groups is 1. The Morgan fingerprint density at radius 1 is 1.08 bits per heavy atom. The van der Waals surface area contributed by atoms with Crippen molar-refractivity contribution in [2.75, 3.05) is 5.75 Å². The molecule has 4 nitrogen and oxygen atoms in total. The van der Waals surface area contributed by atoms with Crippen LogP contribution < -0.4 is 0 Å². The van der Waals surface area contributed by atoms with Crippen LogP contribution in [0.1, 0.15) is 17.3 Å². The lowest BCUT2D eigenvalue weighted by Crippen LogP contribution is -2.05. The molecular formula is C18H16ClN3OS. The summed E-state index contributed by atoms with van der Waals surface area (Å²) in [6.45, 7) is 2.79. The van der Waals surface area contributed by atoms with Gasteiger partial charge in [-0.25, -0.2) is 0 Å². The van der Waals surface area contributed by atoms with Gasteiger partial charge in [-0.3, -0.25) is 4.79 Å². The third-order valence-corrected chi connectivity index (χ3v) is 4.78. The molecule has 0 aliphatic rings. The molecule has 0 aliphatic carbocycles. The van der Waals surface area contributed by atoms with Crippen LogP contribution in [0, 0.1) is 0 Å².